The molecule has 4 rings (SSSR count). The number of aliphatic hydroxyl groups is 1. The van der Waals surface area contributed by atoms with E-state index in [1.165, 1.54) is 6.07 Å². The van der Waals surface area contributed by atoms with Gasteiger partial charge in [0.05, 0.1) is 6.61 Å². The summed E-state index contributed by atoms with van der Waals surface area (Å²) in [5, 5.41) is 12.8. The highest BCUT2D eigenvalue weighted by Gasteiger charge is 2.45. The van der Waals surface area contributed by atoms with Gasteiger partial charge in [-0.1, -0.05) is 30.3 Å². The maximum absolute atomic E-state index is 12.5. The number of aliphatic hydroxyl groups excluding tert-OH is 1. The zero-order valence-electron chi connectivity index (χ0n) is 14.0. The lowest BCUT2D eigenvalue weighted by molar-refractivity contribution is 0.0700. The van der Waals surface area contributed by atoms with Crippen LogP contribution in [0, 0.1) is 0 Å². The quantitative estimate of drug-likeness (QED) is 0.780. The molecule has 2 fully saturated rings. The van der Waals surface area contributed by atoms with Crippen molar-refractivity contribution in [1.82, 2.24) is 10.3 Å². The molecule has 5 nitrogen and oxygen atoms in total. The molecule has 3 N–H and O–H groups in total. The van der Waals surface area contributed by atoms with Crippen molar-refractivity contribution < 1.29 is 9.90 Å². The van der Waals surface area contributed by atoms with E-state index in [0.29, 0.717) is 24.3 Å². The summed E-state index contributed by atoms with van der Waals surface area (Å²) in [6.07, 6.45) is 3.55. The van der Waals surface area contributed by atoms with Crippen LogP contribution >= 0.6 is 0 Å². The van der Waals surface area contributed by atoms with Crippen LogP contribution in [-0.4, -0.2) is 28.6 Å². The lowest BCUT2D eigenvalue weighted by atomic mass is 9.62. The van der Waals surface area contributed by atoms with Crippen molar-refractivity contribution in [1.29, 1.82) is 0 Å². The average Bonchev–Trinajstić information content (AvgIpc) is 3.43. The number of aromatic amines is 1. The van der Waals surface area contributed by atoms with Gasteiger partial charge in [0.1, 0.15) is 0 Å². The monoisotopic (exact) mass is 338 g/mol. The summed E-state index contributed by atoms with van der Waals surface area (Å²) in [5.41, 5.74) is 1.89. The minimum absolute atomic E-state index is 0.0171. The predicted octanol–water partition coefficient (Wildman–Crippen LogP) is 2.07. The van der Waals surface area contributed by atoms with Crippen molar-refractivity contribution in [2.45, 2.75) is 43.1 Å². The number of hydrogen-bond donors (Lipinski definition) is 3. The molecular weight excluding hydrogens is 316 g/mol. The van der Waals surface area contributed by atoms with Gasteiger partial charge in [0, 0.05) is 28.8 Å². The Labute approximate surface area is 146 Å². The van der Waals surface area contributed by atoms with E-state index >= 15 is 0 Å². The van der Waals surface area contributed by atoms with E-state index in [-0.39, 0.29) is 29.5 Å². The number of amides is 1. The summed E-state index contributed by atoms with van der Waals surface area (Å²) in [7, 11) is 0. The Hall–Kier alpha value is -2.40. The Morgan fingerprint density at radius 1 is 1.20 bits per heavy atom. The van der Waals surface area contributed by atoms with Gasteiger partial charge < -0.3 is 15.4 Å². The molecule has 0 unspecified atom stereocenters. The number of aromatic nitrogens is 1. The average molecular weight is 338 g/mol. The van der Waals surface area contributed by atoms with Gasteiger partial charge in [-0.25, -0.2) is 0 Å². The Morgan fingerprint density at radius 2 is 1.92 bits per heavy atom. The third-order valence-corrected chi connectivity index (χ3v) is 5.44. The Balaban J connectivity index is 1.44. The molecule has 0 spiro atoms. The number of carbonyl (C=O) groups excluding carboxylic acids is 1. The van der Waals surface area contributed by atoms with Gasteiger partial charge in [-0.15, -0.1) is 0 Å². The van der Waals surface area contributed by atoms with Crippen LogP contribution < -0.4 is 10.9 Å². The van der Waals surface area contributed by atoms with Crippen molar-refractivity contribution in [3.8, 4) is 0 Å². The van der Waals surface area contributed by atoms with Crippen LogP contribution in [0.15, 0.2) is 47.3 Å². The molecule has 2 aromatic rings. The van der Waals surface area contributed by atoms with Crippen LogP contribution in [-0.2, 0) is 5.41 Å². The highest BCUT2D eigenvalue weighted by molar-refractivity contribution is 5.94. The molecule has 1 aromatic carbocycles. The van der Waals surface area contributed by atoms with E-state index in [0.717, 1.165) is 24.1 Å². The summed E-state index contributed by atoms with van der Waals surface area (Å²) >= 11 is 0. The molecule has 0 atom stereocenters. The third-order valence-electron chi connectivity index (χ3n) is 5.44. The van der Waals surface area contributed by atoms with Crippen molar-refractivity contribution in [3.05, 3.63) is 69.6 Å². The largest absolute Gasteiger partial charge is 0.395 e. The van der Waals surface area contributed by atoms with Crippen LogP contribution in [0.3, 0.4) is 0 Å². The molecular formula is C20H22N2O3. The van der Waals surface area contributed by atoms with Gasteiger partial charge >= 0.3 is 0 Å². The van der Waals surface area contributed by atoms with Gasteiger partial charge in [-0.3, -0.25) is 9.59 Å². The van der Waals surface area contributed by atoms with E-state index in [4.69, 9.17) is 0 Å². The first-order valence-electron chi connectivity index (χ1n) is 8.81. The van der Waals surface area contributed by atoms with Crippen LogP contribution in [0.5, 0.6) is 0 Å². The summed E-state index contributed by atoms with van der Waals surface area (Å²) in [4.78, 5) is 27.1. The lowest BCUT2D eigenvalue weighted by Crippen LogP contribution is -2.55. The molecule has 1 heterocycles. The molecule has 5 heteroatoms. The topological polar surface area (TPSA) is 82.2 Å². The highest BCUT2D eigenvalue weighted by Crippen LogP contribution is 2.43. The van der Waals surface area contributed by atoms with E-state index < -0.39 is 0 Å². The Bertz CT molecular complexity index is 834. The number of rotatable bonds is 5. The second-order valence-electron chi connectivity index (χ2n) is 7.35. The van der Waals surface area contributed by atoms with Crippen LogP contribution in [0.2, 0.25) is 0 Å². The van der Waals surface area contributed by atoms with E-state index in [1.54, 1.807) is 6.07 Å². The molecule has 0 bridgehead atoms. The highest BCUT2D eigenvalue weighted by atomic mass is 16.3. The van der Waals surface area contributed by atoms with E-state index in [9.17, 15) is 14.7 Å². The number of nitrogens with one attached hydrogen (secondary N) is 2. The molecule has 1 amide bonds. The normalized spacial score (nSPS) is 25.2. The fourth-order valence-corrected chi connectivity index (χ4v) is 3.81. The SMILES string of the molecule is O=C(NC1CC(CO)(c2ccccc2)C1)c1cc(C2CC2)[nH]c(=O)c1. The summed E-state index contributed by atoms with van der Waals surface area (Å²) in [5.74, 6) is 0.182. The summed E-state index contributed by atoms with van der Waals surface area (Å²) in [6.45, 7) is 0.0697. The first-order chi connectivity index (χ1) is 12.1. The number of hydrogen-bond acceptors (Lipinski definition) is 3. The maximum Gasteiger partial charge on any atom is 0.251 e. The Morgan fingerprint density at radius 3 is 2.56 bits per heavy atom. The Kier molecular flexibility index (Phi) is 3.96. The van der Waals surface area contributed by atoms with Crippen LogP contribution in [0.4, 0.5) is 0 Å². The molecule has 1 aromatic heterocycles. The van der Waals surface area contributed by atoms with Crippen LogP contribution in [0.25, 0.3) is 0 Å². The number of carbonyl (C=O) groups is 1. The van der Waals surface area contributed by atoms with Crippen molar-refractivity contribution in [2.24, 2.45) is 0 Å². The summed E-state index contributed by atoms with van der Waals surface area (Å²) in [6, 6.07) is 13.1. The summed E-state index contributed by atoms with van der Waals surface area (Å²) < 4.78 is 0. The molecule has 25 heavy (non-hydrogen) atoms. The molecule has 0 saturated heterocycles. The fraction of sp³-hybridized carbons (Fsp3) is 0.400. The van der Waals surface area contributed by atoms with Crippen molar-refractivity contribution >= 4 is 5.91 Å². The molecule has 2 aliphatic carbocycles. The van der Waals surface area contributed by atoms with Crippen molar-refractivity contribution in [3.63, 3.8) is 0 Å². The second-order valence-corrected chi connectivity index (χ2v) is 7.35. The molecule has 0 radical (unpaired) electrons. The van der Waals surface area contributed by atoms with Gasteiger partial charge in [0.15, 0.2) is 0 Å². The zero-order chi connectivity index (χ0) is 17.4. The smallest absolute Gasteiger partial charge is 0.251 e. The van der Waals surface area contributed by atoms with Gasteiger partial charge in [0.2, 0.25) is 5.56 Å². The van der Waals surface area contributed by atoms with Gasteiger partial charge in [0.25, 0.3) is 5.91 Å². The first kappa shape index (κ1) is 16.1. The zero-order valence-corrected chi connectivity index (χ0v) is 14.0. The minimum Gasteiger partial charge on any atom is -0.395 e. The standard InChI is InChI=1S/C20H22N2O3/c23-12-20(15-4-2-1-3-5-15)10-16(11-20)21-19(25)14-8-17(13-6-7-13)22-18(24)9-14/h1-5,8-9,13,16,23H,6-7,10-12H2,(H,21,25)(H,22,24). The molecule has 2 aliphatic rings. The first-order valence-corrected chi connectivity index (χ1v) is 8.81. The van der Waals surface area contributed by atoms with Gasteiger partial charge in [-0.05, 0) is 43.2 Å². The van der Waals surface area contributed by atoms with Gasteiger partial charge in [-0.2, -0.15) is 0 Å². The van der Waals surface area contributed by atoms with Crippen LogP contribution in [0.1, 0.15) is 53.2 Å². The second kappa shape index (κ2) is 6.15. The molecule has 130 valence electrons. The number of pyridine rings is 1. The van der Waals surface area contributed by atoms with E-state index in [1.807, 2.05) is 30.3 Å². The molecule has 2 saturated carbocycles. The lowest BCUT2D eigenvalue weighted by Gasteiger charge is -2.47. The fourth-order valence-electron chi connectivity index (χ4n) is 3.81. The minimum atomic E-state index is -0.271. The number of benzene rings is 1. The third kappa shape index (κ3) is 3.12. The number of H-pyrrole nitrogens is 1. The predicted molar refractivity (Wildman–Crippen MR) is 94.7 cm³/mol. The molecule has 0 aliphatic heterocycles. The van der Waals surface area contributed by atoms with E-state index in [2.05, 4.69) is 10.3 Å². The maximum atomic E-state index is 12.5. The van der Waals surface area contributed by atoms with Crippen molar-refractivity contribution in [2.75, 3.05) is 6.61 Å².